The zero-order chi connectivity index (χ0) is 6.97. The number of hydrogen-bond donors (Lipinski definition) is 0. The minimum atomic E-state index is 1.07. The Morgan fingerprint density at radius 1 is 1.70 bits per heavy atom. The predicted octanol–water partition coefficient (Wildman–Crippen LogP) is 0.931. The van der Waals surface area contributed by atoms with Crippen LogP contribution in [0.2, 0.25) is 0 Å². The first kappa shape index (κ1) is 6.31. The lowest BCUT2D eigenvalue weighted by molar-refractivity contribution is 0.314. The molecule has 0 unspecified atom stereocenters. The highest BCUT2D eigenvalue weighted by atomic mass is 32.1. The predicted molar refractivity (Wildman–Crippen MR) is 41.0 cm³/mol. The topological polar surface area (TPSA) is 16.1 Å². The normalized spacial score (nSPS) is 18.9. The van der Waals surface area contributed by atoms with E-state index in [0.29, 0.717) is 0 Å². The van der Waals surface area contributed by atoms with Gasteiger partial charge in [-0.15, -0.1) is 11.3 Å². The first-order chi connectivity index (χ1) is 4.86. The Bertz CT molecular complexity index is 231. The van der Waals surface area contributed by atoms with E-state index in [-0.39, 0.29) is 0 Å². The maximum Gasteiger partial charge on any atom is 0.152 e. The van der Waals surface area contributed by atoms with E-state index in [1.165, 1.54) is 10.6 Å². The standard InChI is InChI=1S/C7H9N2S/c1-9-3-2-6-7(4-9)10-5-8-6/h2-4H2,1H3. The number of aromatic nitrogens is 1. The number of hydrogen-bond acceptors (Lipinski definition) is 3. The Hall–Kier alpha value is -0.410. The highest BCUT2D eigenvalue weighted by molar-refractivity contribution is 7.09. The average molecular weight is 153 g/mol. The highest BCUT2D eigenvalue weighted by Gasteiger charge is 2.14. The molecule has 1 aromatic rings. The second kappa shape index (κ2) is 2.32. The van der Waals surface area contributed by atoms with Gasteiger partial charge in [-0.25, -0.2) is 4.98 Å². The Morgan fingerprint density at radius 2 is 2.60 bits per heavy atom. The smallest absolute Gasteiger partial charge is 0.152 e. The van der Waals surface area contributed by atoms with Crippen LogP contribution in [0.1, 0.15) is 10.6 Å². The molecule has 0 aliphatic carbocycles. The minimum Gasteiger partial charge on any atom is -0.301 e. The molecule has 2 heterocycles. The molecule has 1 aliphatic heterocycles. The molecule has 2 nitrogen and oxygen atoms in total. The van der Waals surface area contributed by atoms with E-state index in [2.05, 4.69) is 22.4 Å². The van der Waals surface area contributed by atoms with Crippen molar-refractivity contribution >= 4 is 11.3 Å². The molecule has 1 radical (unpaired) electrons. The van der Waals surface area contributed by atoms with E-state index >= 15 is 0 Å². The molecular weight excluding hydrogens is 144 g/mol. The van der Waals surface area contributed by atoms with Crippen molar-refractivity contribution in [1.82, 2.24) is 9.88 Å². The summed E-state index contributed by atoms with van der Waals surface area (Å²) in [6.45, 7) is 2.21. The Balaban J connectivity index is 2.30. The molecule has 3 heteroatoms. The molecule has 0 aromatic carbocycles. The molecule has 0 saturated carbocycles. The van der Waals surface area contributed by atoms with Crippen molar-refractivity contribution in [3.8, 4) is 0 Å². The van der Waals surface area contributed by atoms with Crippen LogP contribution in [0.4, 0.5) is 0 Å². The van der Waals surface area contributed by atoms with Gasteiger partial charge in [-0.1, -0.05) is 0 Å². The second-order valence-electron chi connectivity index (χ2n) is 2.66. The van der Waals surface area contributed by atoms with Gasteiger partial charge in [-0.05, 0) is 7.05 Å². The molecule has 1 aromatic heterocycles. The molecule has 0 fully saturated rings. The van der Waals surface area contributed by atoms with Crippen molar-refractivity contribution in [2.45, 2.75) is 13.0 Å². The van der Waals surface area contributed by atoms with Gasteiger partial charge in [0.15, 0.2) is 5.51 Å². The number of rotatable bonds is 0. The van der Waals surface area contributed by atoms with Crippen LogP contribution in [-0.4, -0.2) is 23.5 Å². The van der Waals surface area contributed by atoms with E-state index in [0.717, 1.165) is 19.5 Å². The lowest BCUT2D eigenvalue weighted by Gasteiger charge is -2.20. The fourth-order valence-corrected chi connectivity index (χ4v) is 2.01. The van der Waals surface area contributed by atoms with Crippen LogP contribution in [0.3, 0.4) is 0 Å². The zero-order valence-electron chi connectivity index (χ0n) is 5.92. The van der Waals surface area contributed by atoms with Gasteiger partial charge in [-0.3, -0.25) is 0 Å². The maximum absolute atomic E-state index is 4.16. The van der Waals surface area contributed by atoms with E-state index in [1.807, 2.05) is 0 Å². The summed E-state index contributed by atoms with van der Waals surface area (Å²) >= 11 is 1.65. The van der Waals surface area contributed by atoms with Crippen LogP contribution < -0.4 is 0 Å². The Labute approximate surface area is 64.5 Å². The van der Waals surface area contributed by atoms with Crippen molar-refractivity contribution < 1.29 is 0 Å². The van der Waals surface area contributed by atoms with Crippen LogP contribution in [-0.2, 0) is 13.0 Å². The van der Waals surface area contributed by atoms with Crippen molar-refractivity contribution in [3.05, 3.63) is 16.1 Å². The van der Waals surface area contributed by atoms with Gasteiger partial charge < -0.3 is 4.90 Å². The SMILES string of the molecule is CN1CCc2n[c]sc2C1. The molecule has 0 N–H and O–H groups in total. The molecular formula is C7H9N2S. The first-order valence-corrected chi connectivity index (χ1v) is 4.21. The maximum atomic E-state index is 4.16. The minimum absolute atomic E-state index is 1.07. The molecule has 0 atom stereocenters. The third-order valence-corrected chi connectivity index (χ3v) is 2.61. The fraction of sp³-hybridized carbons (Fsp3) is 0.571. The lowest BCUT2D eigenvalue weighted by atomic mass is 10.2. The van der Waals surface area contributed by atoms with E-state index < -0.39 is 0 Å². The van der Waals surface area contributed by atoms with Gasteiger partial charge in [-0.2, -0.15) is 0 Å². The van der Waals surface area contributed by atoms with E-state index in [4.69, 9.17) is 0 Å². The van der Waals surface area contributed by atoms with Crippen molar-refractivity contribution in [2.24, 2.45) is 0 Å². The van der Waals surface area contributed by atoms with Crippen molar-refractivity contribution in [2.75, 3.05) is 13.6 Å². The van der Waals surface area contributed by atoms with E-state index in [9.17, 15) is 0 Å². The summed E-state index contributed by atoms with van der Waals surface area (Å²) < 4.78 is 0. The van der Waals surface area contributed by atoms with Crippen LogP contribution in [0.5, 0.6) is 0 Å². The zero-order valence-corrected chi connectivity index (χ0v) is 6.74. The number of thiazole rings is 1. The van der Waals surface area contributed by atoms with Gasteiger partial charge in [0, 0.05) is 24.4 Å². The molecule has 0 amide bonds. The van der Waals surface area contributed by atoms with Crippen LogP contribution in [0, 0.1) is 5.51 Å². The molecule has 0 bridgehead atoms. The van der Waals surface area contributed by atoms with Crippen LogP contribution >= 0.6 is 11.3 Å². The highest BCUT2D eigenvalue weighted by Crippen LogP contribution is 2.19. The fourth-order valence-electron chi connectivity index (χ4n) is 1.19. The summed E-state index contributed by atoms with van der Waals surface area (Å²) in [6, 6.07) is 0. The van der Waals surface area contributed by atoms with Crippen LogP contribution in [0.15, 0.2) is 0 Å². The molecule has 53 valence electrons. The van der Waals surface area contributed by atoms with Crippen molar-refractivity contribution in [3.63, 3.8) is 0 Å². The van der Waals surface area contributed by atoms with Crippen LogP contribution in [0.25, 0.3) is 0 Å². The first-order valence-electron chi connectivity index (χ1n) is 3.39. The van der Waals surface area contributed by atoms with Gasteiger partial charge in [0.1, 0.15) is 0 Å². The number of fused-ring (bicyclic) bond motifs is 1. The lowest BCUT2D eigenvalue weighted by Crippen LogP contribution is -2.25. The third kappa shape index (κ3) is 0.954. The largest absolute Gasteiger partial charge is 0.301 e. The summed E-state index contributed by atoms with van der Waals surface area (Å²) in [7, 11) is 2.14. The van der Waals surface area contributed by atoms with Gasteiger partial charge in [0.25, 0.3) is 0 Å². The van der Waals surface area contributed by atoms with Gasteiger partial charge >= 0.3 is 0 Å². The number of likely N-dealkylation sites (N-methyl/N-ethyl adjacent to an activating group) is 1. The summed E-state index contributed by atoms with van der Waals surface area (Å²) in [5.41, 5.74) is 4.19. The summed E-state index contributed by atoms with van der Waals surface area (Å²) in [4.78, 5) is 7.87. The van der Waals surface area contributed by atoms with Gasteiger partial charge in [0.2, 0.25) is 0 Å². The summed E-state index contributed by atoms with van der Waals surface area (Å²) in [5.74, 6) is 0. The summed E-state index contributed by atoms with van der Waals surface area (Å²) in [5, 5.41) is 0. The molecule has 0 spiro atoms. The molecule has 0 saturated heterocycles. The second-order valence-corrected chi connectivity index (χ2v) is 3.54. The molecule has 2 rings (SSSR count). The summed E-state index contributed by atoms with van der Waals surface area (Å²) in [6.07, 6.45) is 1.10. The Kier molecular flexibility index (Phi) is 1.47. The number of nitrogens with zero attached hydrogens (tertiary/aromatic N) is 2. The third-order valence-electron chi connectivity index (χ3n) is 1.82. The van der Waals surface area contributed by atoms with Crippen molar-refractivity contribution in [1.29, 1.82) is 0 Å². The molecule has 1 aliphatic rings. The average Bonchev–Trinajstić information content (AvgIpc) is 2.33. The van der Waals surface area contributed by atoms with E-state index in [1.54, 1.807) is 11.3 Å². The van der Waals surface area contributed by atoms with Gasteiger partial charge in [0.05, 0.1) is 5.69 Å². The molecule has 10 heavy (non-hydrogen) atoms. The monoisotopic (exact) mass is 153 g/mol. The quantitative estimate of drug-likeness (QED) is 0.551. The Morgan fingerprint density at radius 3 is 3.50 bits per heavy atom.